The summed E-state index contributed by atoms with van der Waals surface area (Å²) in [5.41, 5.74) is -4.15. The number of nitrogens with zero attached hydrogens (tertiary/aromatic N) is 2. The third-order valence-corrected chi connectivity index (χ3v) is 3.78. The summed E-state index contributed by atoms with van der Waals surface area (Å²) in [6.07, 6.45) is -10.7. The Morgan fingerprint density at radius 3 is 2.48 bits per heavy atom. The van der Waals surface area contributed by atoms with Crippen molar-refractivity contribution in [3.63, 3.8) is 0 Å². The second-order valence-electron chi connectivity index (χ2n) is 5.41. The van der Waals surface area contributed by atoms with Crippen LogP contribution in [-0.4, -0.2) is 55.2 Å². The molecule has 2 aromatic rings. The average molecular weight is 365 g/mol. The van der Waals surface area contributed by atoms with E-state index in [1.54, 1.807) is 0 Å². The number of ether oxygens (including phenoxy) is 1. The number of rotatable bonds is 2. The molecule has 0 spiro atoms. The van der Waals surface area contributed by atoms with Gasteiger partial charge in [-0.15, -0.1) is 0 Å². The second kappa shape index (κ2) is 5.98. The molecule has 0 saturated carbocycles. The monoisotopic (exact) mass is 365 g/mol. The van der Waals surface area contributed by atoms with Crippen LogP contribution in [0.15, 0.2) is 10.9 Å². The highest BCUT2D eigenvalue weighted by Gasteiger charge is 2.44. The zero-order valence-corrected chi connectivity index (χ0v) is 12.2. The maximum absolute atomic E-state index is 13.5. The van der Waals surface area contributed by atoms with E-state index in [-0.39, 0.29) is 5.56 Å². The van der Waals surface area contributed by atoms with Gasteiger partial charge in [0.05, 0.1) is 12.2 Å². The summed E-state index contributed by atoms with van der Waals surface area (Å²) < 4.78 is 56.6. The van der Waals surface area contributed by atoms with Gasteiger partial charge >= 0.3 is 6.18 Å². The van der Waals surface area contributed by atoms with E-state index in [0.717, 1.165) is 6.07 Å². The van der Waals surface area contributed by atoms with Crippen molar-refractivity contribution in [3.05, 3.63) is 33.6 Å². The standard InChI is InChI=1S/C13H11F4N3O5/c14-10-9(13(15,16)17)19-11-4(18-10)1-3(12(24)20-11)8-7(23)6(22)5(2-21)25-8/h1,5-8,21-23H,2H2,(H,19,20,24)/t5-,6+,7?,8+/m1/s1. The number of aliphatic hydroxyl groups excluding tert-OH is 3. The minimum atomic E-state index is -5.09. The highest BCUT2D eigenvalue weighted by atomic mass is 19.4. The van der Waals surface area contributed by atoms with Gasteiger partial charge in [-0.1, -0.05) is 0 Å². The van der Waals surface area contributed by atoms with Crippen molar-refractivity contribution in [2.75, 3.05) is 6.61 Å². The first-order valence-electron chi connectivity index (χ1n) is 6.93. The fourth-order valence-corrected chi connectivity index (χ4v) is 2.56. The molecule has 0 radical (unpaired) electrons. The number of aliphatic hydroxyl groups is 3. The highest BCUT2D eigenvalue weighted by molar-refractivity contribution is 5.70. The molecule has 3 heterocycles. The SMILES string of the molecule is O=c1[nH]c2nc(C(F)(F)F)c(F)nc2cc1[C@@H]1O[C@H](CO)[C@H](O)C1O. The quantitative estimate of drug-likeness (QED) is 0.535. The van der Waals surface area contributed by atoms with Gasteiger partial charge in [0.2, 0.25) is 11.6 Å². The number of aromatic amines is 1. The van der Waals surface area contributed by atoms with Crippen LogP contribution in [0.4, 0.5) is 17.6 Å². The van der Waals surface area contributed by atoms with E-state index >= 15 is 0 Å². The normalized spacial score (nSPS) is 27.2. The van der Waals surface area contributed by atoms with Crippen molar-refractivity contribution >= 4 is 11.2 Å². The van der Waals surface area contributed by atoms with Crippen LogP contribution in [-0.2, 0) is 10.9 Å². The van der Waals surface area contributed by atoms with E-state index in [4.69, 9.17) is 9.84 Å². The molecule has 1 saturated heterocycles. The fourth-order valence-electron chi connectivity index (χ4n) is 2.56. The first-order valence-corrected chi connectivity index (χ1v) is 6.93. The van der Waals surface area contributed by atoms with Crippen LogP contribution in [0.25, 0.3) is 11.2 Å². The Kier molecular flexibility index (Phi) is 4.23. The van der Waals surface area contributed by atoms with Crippen LogP contribution in [0.2, 0.25) is 0 Å². The number of hydrogen-bond donors (Lipinski definition) is 4. The summed E-state index contributed by atoms with van der Waals surface area (Å²) in [6.45, 7) is -0.635. The van der Waals surface area contributed by atoms with E-state index in [2.05, 4.69) is 9.97 Å². The zero-order chi connectivity index (χ0) is 18.5. The molecule has 2 aromatic heterocycles. The van der Waals surface area contributed by atoms with Crippen molar-refractivity contribution in [3.8, 4) is 0 Å². The van der Waals surface area contributed by atoms with Crippen molar-refractivity contribution in [2.24, 2.45) is 0 Å². The lowest BCUT2D eigenvalue weighted by atomic mass is 10.0. The Labute approximate surface area is 135 Å². The van der Waals surface area contributed by atoms with Gasteiger partial charge in [0.15, 0.2) is 5.65 Å². The molecule has 8 nitrogen and oxygen atoms in total. The third kappa shape index (κ3) is 2.97. The number of aromatic nitrogens is 3. The second-order valence-corrected chi connectivity index (χ2v) is 5.41. The molecule has 12 heteroatoms. The summed E-state index contributed by atoms with van der Waals surface area (Å²) in [5, 5.41) is 28.7. The van der Waals surface area contributed by atoms with Gasteiger partial charge in [-0.3, -0.25) is 4.79 Å². The van der Waals surface area contributed by atoms with Crippen LogP contribution in [0.1, 0.15) is 17.4 Å². The van der Waals surface area contributed by atoms with Gasteiger partial charge in [0.25, 0.3) is 5.56 Å². The first kappa shape index (κ1) is 17.7. The zero-order valence-electron chi connectivity index (χ0n) is 12.2. The summed E-state index contributed by atoms with van der Waals surface area (Å²) in [4.78, 5) is 20.3. The minimum Gasteiger partial charge on any atom is -0.394 e. The van der Waals surface area contributed by atoms with E-state index in [1.165, 1.54) is 0 Å². The highest BCUT2D eigenvalue weighted by Crippen LogP contribution is 2.33. The van der Waals surface area contributed by atoms with E-state index < -0.39 is 65.6 Å². The summed E-state index contributed by atoms with van der Waals surface area (Å²) in [7, 11) is 0. The van der Waals surface area contributed by atoms with E-state index in [1.807, 2.05) is 4.98 Å². The van der Waals surface area contributed by atoms with Gasteiger partial charge < -0.3 is 25.0 Å². The number of nitrogens with one attached hydrogen (secondary N) is 1. The van der Waals surface area contributed by atoms with Crippen LogP contribution < -0.4 is 5.56 Å². The summed E-state index contributed by atoms with van der Waals surface area (Å²) >= 11 is 0. The summed E-state index contributed by atoms with van der Waals surface area (Å²) in [6, 6.07) is 0.908. The molecule has 4 N–H and O–H groups in total. The maximum atomic E-state index is 13.5. The number of alkyl halides is 3. The molecule has 1 unspecified atom stereocenters. The molecule has 0 bridgehead atoms. The Morgan fingerprint density at radius 1 is 1.24 bits per heavy atom. The van der Waals surface area contributed by atoms with Crippen LogP contribution in [0.3, 0.4) is 0 Å². The van der Waals surface area contributed by atoms with Crippen LogP contribution >= 0.6 is 0 Å². The predicted molar refractivity (Wildman–Crippen MR) is 71.8 cm³/mol. The summed E-state index contributed by atoms with van der Waals surface area (Å²) in [5.74, 6) is -1.88. The predicted octanol–water partition coefficient (Wildman–Crippen LogP) is -0.370. The van der Waals surface area contributed by atoms with Crippen LogP contribution in [0.5, 0.6) is 0 Å². The molecule has 1 aliphatic heterocycles. The number of H-pyrrole nitrogens is 1. The Bertz CT molecular complexity index is 871. The largest absolute Gasteiger partial charge is 0.438 e. The molecule has 0 aliphatic carbocycles. The van der Waals surface area contributed by atoms with Gasteiger partial charge in [0, 0.05) is 0 Å². The molecule has 0 aromatic carbocycles. The Morgan fingerprint density at radius 2 is 1.92 bits per heavy atom. The lowest BCUT2D eigenvalue weighted by molar-refractivity contribution is -0.143. The van der Waals surface area contributed by atoms with Gasteiger partial charge in [-0.2, -0.15) is 17.6 Å². The van der Waals surface area contributed by atoms with Crippen molar-refractivity contribution < 1.29 is 37.6 Å². The number of pyridine rings is 1. The molecular weight excluding hydrogens is 354 g/mol. The van der Waals surface area contributed by atoms with E-state index in [9.17, 15) is 32.6 Å². The number of halogens is 4. The van der Waals surface area contributed by atoms with E-state index in [0.29, 0.717) is 0 Å². The molecule has 3 rings (SSSR count). The Hall–Kier alpha value is -2.15. The van der Waals surface area contributed by atoms with Crippen molar-refractivity contribution in [1.29, 1.82) is 0 Å². The molecule has 0 amide bonds. The van der Waals surface area contributed by atoms with Crippen molar-refractivity contribution in [2.45, 2.75) is 30.6 Å². The maximum Gasteiger partial charge on any atom is 0.438 e. The van der Waals surface area contributed by atoms with Gasteiger partial charge in [-0.05, 0) is 6.07 Å². The molecule has 1 fully saturated rings. The smallest absolute Gasteiger partial charge is 0.394 e. The minimum absolute atomic E-state index is 0.302. The first-order chi connectivity index (χ1) is 11.6. The molecular formula is C13H11F4N3O5. The molecule has 4 atom stereocenters. The van der Waals surface area contributed by atoms with Gasteiger partial charge in [0.1, 0.15) is 29.9 Å². The molecule has 1 aliphatic rings. The molecule has 25 heavy (non-hydrogen) atoms. The lowest BCUT2D eigenvalue weighted by Gasteiger charge is -2.14. The topological polar surface area (TPSA) is 129 Å². The molecule has 136 valence electrons. The number of fused-ring (bicyclic) bond motifs is 1. The third-order valence-electron chi connectivity index (χ3n) is 3.78. The number of hydrogen-bond acceptors (Lipinski definition) is 7. The average Bonchev–Trinajstić information content (AvgIpc) is 2.81. The lowest BCUT2D eigenvalue weighted by Crippen LogP contribution is -2.33. The van der Waals surface area contributed by atoms with Crippen molar-refractivity contribution in [1.82, 2.24) is 15.0 Å². The fraction of sp³-hybridized carbons (Fsp3) is 0.462. The van der Waals surface area contributed by atoms with Gasteiger partial charge in [-0.25, -0.2) is 9.97 Å². The Balaban J connectivity index is 2.10. The van der Waals surface area contributed by atoms with Crippen LogP contribution in [0, 0.1) is 5.95 Å².